The average molecular weight is 256 g/mol. The van der Waals surface area contributed by atoms with Crippen molar-refractivity contribution in [2.24, 2.45) is 11.3 Å². The molecule has 1 unspecified atom stereocenters. The van der Waals surface area contributed by atoms with Crippen LogP contribution in [0.25, 0.3) is 0 Å². The van der Waals surface area contributed by atoms with Gasteiger partial charge in [-0.2, -0.15) is 0 Å². The molecule has 0 aromatic rings. The standard InChI is InChI=1S/C15H32N2O/c1-12(2)11-17-8-6-13(7-9-17)16-10-14(18)15(3,4)5/h12-14,16,18H,6-11H2,1-5H3. The van der Waals surface area contributed by atoms with E-state index in [-0.39, 0.29) is 11.5 Å². The number of aliphatic hydroxyl groups is 1. The molecule has 0 saturated carbocycles. The molecule has 3 heteroatoms. The highest BCUT2D eigenvalue weighted by Crippen LogP contribution is 2.19. The van der Waals surface area contributed by atoms with Crippen LogP contribution in [0, 0.1) is 11.3 Å². The third-order valence-electron chi connectivity index (χ3n) is 3.81. The number of likely N-dealkylation sites (tertiary alicyclic amines) is 1. The fourth-order valence-electron chi connectivity index (χ4n) is 2.42. The Morgan fingerprint density at radius 3 is 2.22 bits per heavy atom. The van der Waals surface area contributed by atoms with Gasteiger partial charge in [-0.1, -0.05) is 34.6 Å². The van der Waals surface area contributed by atoms with Crippen molar-refractivity contribution in [3.05, 3.63) is 0 Å². The molecule has 1 atom stereocenters. The number of nitrogens with zero attached hydrogens (tertiary/aromatic N) is 1. The lowest BCUT2D eigenvalue weighted by Crippen LogP contribution is -2.47. The van der Waals surface area contributed by atoms with Crippen molar-refractivity contribution in [2.75, 3.05) is 26.2 Å². The van der Waals surface area contributed by atoms with Crippen LogP contribution >= 0.6 is 0 Å². The van der Waals surface area contributed by atoms with Crippen LogP contribution in [-0.2, 0) is 0 Å². The van der Waals surface area contributed by atoms with Crippen LogP contribution in [0.1, 0.15) is 47.5 Å². The first-order chi connectivity index (χ1) is 8.29. The lowest BCUT2D eigenvalue weighted by atomic mass is 9.89. The molecule has 1 aliphatic rings. The lowest BCUT2D eigenvalue weighted by Gasteiger charge is -2.35. The number of hydrogen-bond acceptors (Lipinski definition) is 3. The Kier molecular flexibility index (Phi) is 6.09. The predicted molar refractivity (Wildman–Crippen MR) is 77.8 cm³/mol. The van der Waals surface area contributed by atoms with E-state index < -0.39 is 0 Å². The van der Waals surface area contributed by atoms with E-state index in [1.54, 1.807) is 0 Å². The molecule has 1 rings (SSSR count). The van der Waals surface area contributed by atoms with Crippen LogP contribution in [0.4, 0.5) is 0 Å². The Hall–Kier alpha value is -0.120. The summed E-state index contributed by atoms with van der Waals surface area (Å²) in [6.45, 7) is 15.2. The molecule has 0 radical (unpaired) electrons. The summed E-state index contributed by atoms with van der Waals surface area (Å²) in [7, 11) is 0. The van der Waals surface area contributed by atoms with E-state index in [1.165, 1.54) is 32.5 Å². The highest BCUT2D eigenvalue weighted by molar-refractivity contribution is 4.81. The van der Waals surface area contributed by atoms with Gasteiger partial charge < -0.3 is 15.3 Å². The maximum atomic E-state index is 10.0. The Morgan fingerprint density at radius 1 is 1.22 bits per heavy atom. The topological polar surface area (TPSA) is 35.5 Å². The van der Waals surface area contributed by atoms with E-state index in [1.807, 2.05) is 0 Å². The highest BCUT2D eigenvalue weighted by atomic mass is 16.3. The van der Waals surface area contributed by atoms with E-state index in [4.69, 9.17) is 0 Å². The summed E-state index contributed by atoms with van der Waals surface area (Å²) in [5, 5.41) is 13.5. The molecule has 0 amide bonds. The number of nitrogens with one attached hydrogen (secondary N) is 1. The molecular formula is C15H32N2O. The van der Waals surface area contributed by atoms with Crippen LogP contribution in [0.3, 0.4) is 0 Å². The van der Waals surface area contributed by atoms with E-state index in [0.29, 0.717) is 6.04 Å². The second-order valence-corrected chi connectivity index (χ2v) is 7.26. The molecular weight excluding hydrogens is 224 g/mol. The smallest absolute Gasteiger partial charge is 0.0712 e. The summed E-state index contributed by atoms with van der Waals surface area (Å²) in [6.07, 6.45) is 2.17. The van der Waals surface area contributed by atoms with Crippen molar-refractivity contribution in [2.45, 2.75) is 59.6 Å². The quantitative estimate of drug-likeness (QED) is 0.791. The first kappa shape index (κ1) is 15.9. The molecule has 0 aliphatic carbocycles. The minimum Gasteiger partial charge on any atom is -0.391 e. The zero-order valence-corrected chi connectivity index (χ0v) is 12.9. The number of piperidine rings is 1. The Bertz CT molecular complexity index is 227. The minimum atomic E-state index is -0.258. The first-order valence-corrected chi connectivity index (χ1v) is 7.43. The molecule has 1 fully saturated rings. The van der Waals surface area contributed by atoms with Crippen molar-refractivity contribution in [1.29, 1.82) is 0 Å². The van der Waals surface area contributed by atoms with Crippen LogP contribution in [0.15, 0.2) is 0 Å². The molecule has 1 aliphatic heterocycles. The van der Waals surface area contributed by atoms with Gasteiger partial charge >= 0.3 is 0 Å². The maximum absolute atomic E-state index is 10.0. The van der Waals surface area contributed by atoms with Crippen molar-refractivity contribution in [3.8, 4) is 0 Å². The second-order valence-electron chi connectivity index (χ2n) is 7.26. The average Bonchev–Trinajstić information content (AvgIpc) is 2.25. The molecule has 18 heavy (non-hydrogen) atoms. The fraction of sp³-hybridized carbons (Fsp3) is 1.00. The molecule has 0 spiro atoms. The molecule has 1 heterocycles. The van der Waals surface area contributed by atoms with Gasteiger partial charge in [-0.05, 0) is 37.3 Å². The highest BCUT2D eigenvalue weighted by Gasteiger charge is 2.24. The molecule has 0 aromatic carbocycles. The van der Waals surface area contributed by atoms with Crippen LogP contribution in [0.2, 0.25) is 0 Å². The summed E-state index contributed by atoms with van der Waals surface area (Å²) >= 11 is 0. The maximum Gasteiger partial charge on any atom is 0.0712 e. The monoisotopic (exact) mass is 256 g/mol. The van der Waals surface area contributed by atoms with E-state index in [0.717, 1.165) is 12.5 Å². The van der Waals surface area contributed by atoms with E-state index in [2.05, 4.69) is 44.8 Å². The van der Waals surface area contributed by atoms with Gasteiger partial charge in [0.25, 0.3) is 0 Å². The molecule has 3 nitrogen and oxygen atoms in total. The molecule has 2 N–H and O–H groups in total. The summed E-state index contributed by atoms with van der Waals surface area (Å²) < 4.78 is 0. The van der Waals surface area contributed by atoms with Crippen molar-refractivity contribution < 1.29 is 5.11 Å². The van der Waals surface area contributed by atoms with Gasteiger partial charge in [-0.25, -0.2) is 0 Å². The SMILES string of the molecule is CC(C)CN1CCC(NCC(O)C(C)(C)C)CC1. The Balaban J connectivity index is 2.20. The summed E-state index contributed by atoms with van der Waals surface area (Å²) in [5.41, 5.74) is -0.0225. The second kappa shape index (κ2) is 6.88. The lowest BCUT2D eigenvalue weighted by molar-refractivity contribution is 0.0570. The van der Waals surface area contributed by atoms with Crippen molar-refractivity contribution in [3.63, 3.8) is 0 Å². The molecule has 0 bridgehead atoms. The summed E-state index contributed by atoms with van der Waals surface area (Å²) in [5.74, 6) is 0.761. The van der Waals surface area contributed by atoms with Crippen LogP contribution in [-0.4, -0.2) is 48.3 Å². The largest absolute Gasteiger partial charge is 0.391 e. The summed E-state index contributed by atoms with van der Waals surface area (Å²) in [6, 6.07) is 0.588. The summed E-state index contributed by atoms with van der Waals surface area (Å²) in [4.78, 5) is 2.56. The van der Waals surface area contributed by atoms with E-state index >= 15 is 0 Å². The number of hydrogen-bond donors (Lipinski definition) is 2. The minimum absolute atomic E-state index is 0.0225. The van der Waals surface area contributed by atoms with Gasteiger partial charge in [0.05, 0.1) is 6.10 Å². The zero-order valence-electron chi connectivity index (χ0n) is 12.9. The van der Waals surface area contributed by atoms with Crippen molar-refractivity contribution >= 4 is 0 Å². The third kappa shape index (κ3) is 5.68. The van der Waals surface area contributed by atoms with Crippen molar-refractivity contribution in [1.82, 2.24) is 10.2 Å². The van der Waals surface area contributed by atoms with Gasteiger partial charge in [0, 0.05) is 19.1 Å². The Morgan fingerprint density at radius 2 is 1.78 bits per heavy atom. The predicted octanol–water partition coefficient (Wildman–Crippen LogP) is 2.10. The number of aliphatic hydroxyl groups excluding tert-OH is 1. The zero-order chi connectivity index (χ0) is 13.8. The molecule has 1 saturated heterocycles. The molecule has 0 aromatic heterocycles. The molecule has 108 valence electrons. The van der Waals surface area contributed by atoms with Gasteiger partial charge in [0.15, 0.2) is 0 Å². The van der Waals surface area contributed by atoms with Gasteiger partial charge in [-0.3, -0.25) is 0 Å². The van der Waals surface area contributed by atoms with Crippen LogP contribution < -0.4 is 5.32 Å². The van der Waals surface area contributed by atoms with Crippen LogP contribution in [0.5, 0.6) is 0 Å². The first-order valence-electron chi connectivity index (χ1n) is 7.43. The number of rotatable bonds is 5. The van der Waals surface area contributed by atoms with E-state index in [9.17, 15) is 5.11 Å². The van der Waals surface area contributed by atoms with Gasteiger partial charge in [0.2, 0.25) is 0 Å². The normalized spacial score (nSPS) is 21.5. The third-order valence-corrected chi connectivity index (χ3v) is 3.81. The fourth-order valence-corrected chi connectivity index (χ4v) is 2.42. The Labute approximate surface area is 113 Å². The van der Waals surface area contributed by atoms with Gasteiger partial charge in [0.1, 0.15) is 0 Å². The van der Waals surface area contributed by atoms with Gasteiger partial charge in [-0.15, -0.1) is 0 Å².